The van der Waals surface area contributed by atoms with Gasteiger partial charge in [0.05, 0.1) is 12.5 Å². The number of rotatable bonds is 2. The molecule has 2 heteroatoms. The fourth-order valence-corrected chi connectivity index (χ4v) is 1.34. The van der Waals surface area contributed by atoms with Crippen molar-refractivity contribution in [1.29, 1.82) is 5.26 Å². The zero-order valence-corrected chi connectivity index (χ0v) is 7.84. The van der Waals surface area contributed by atoms with E-state index in [0.717, 1.165) is 5.56 Å². The van der Waals surface area contributed by atoms with E-state index in [0.29, 0.717) is 5.56 Å². The Hall–Kier alpha value is -1.36. The Kier molecular flexibility index (Phi) is 2.67. The van der Waals surface area contributed by atoms with Crippen molar-refractivity contribution in [2.75, 3.05) is 0 Å². The Bertz CT molecular complexity index is 331. The van der Waals surface area contributed by atoms with Crippen molar-refractivity contribution in [3.05, 3.63) is 35.4 Å². The van der Waals surface area contributed by atoms with Crippen molar-refractivity contribution in [2.24, 2.45) is 0 Å². The Morgan fingerprint density at radius 1 is 1.38 bits per heavy atom. The maximum atomic E-state index is 13.6. The van der Waals surface area contributed by atoms with Gasteiger partial charge < -0.3 is 0 Å². The van der Waals surface area contributed by atoms with Crippen LogP contribution in [0.25, 0.3) is 0 Å². The van der Waals surface area contributed by atoms with Crippen LogP contribution < -0.4 is 0 Å². The van der Waals surface area contributed by atoms with Crippen LogP contribution in [0, 0.1) is 11.3 Å². The molecule has 0 fully saturated rings. The summed E-state index contributed by atoms with van der Waals surface area (Å²) < 4.78 is 13.6. The molecule has 0 spiro atoms. The molecular formula is C11H12FN. The monoisotopic (exact) mass is 177 g/mol. The maximum Gasteiger partial charge on any atom is 0.130 e. The van der Waals surface area contributed by atoms with Crippen molar-refractivity contribution in [2.45, 2.75) is 25.9 Å². The van der Waals surface area contributed by atoms with Crippen LogP contribution in [0.15, 0.2) is 24.3 Å². The molecule has 0 radical (unpaired) electrons. The van der Waals surface area contributed by atoms with E-state index in [4.69, 9.17) is 5.26 Å². The summed E-state index contributed by atoms with van der Waals surface area (Å²) in [6, 6.07) is 9.16. The minimum atomic E-state index is -1.37. The Labute approximate surface area is 77.8 Å². The van der Waals surface area contributed by atoms with Gasteiger partial charge in [-0.05, 0) is 25.0 Å². The van der Waals surface area contributed by atoms with Crippen molar-refractivity contribution < 1.29 is 4.39 Å². The predicted octanol–water partition coefficient (Wildman–Crippen LogP) is 2.96. The summed E-state index contributed by atoms with van der Waals surface area (Å²) in [5.41, 5.74) is 0.0158. The smallest absolute Gasteiger partial charge is 0.130 e. The molecule has 0 aliphatic rings. The fourth-order valence-electron chi connectivity index (χ4n) is 1.34. The van der Waals surface area contributed by atoms with E-state index in [2.05, 4.69) is 0 Å². The highest BCUT2D eigenvalue weighted by Gasteiger charge is 2.21. The topological polar surface area (TPSA) is 23.8 Å². The lowest BCUT2D eigenvalue weighted by Gasteiger charge is -2.17. The van der Waals surface area contributed by atoms with Crippen LogP contribution >= 0.6 is 0 Å². The molecule has 0 saturated carbocycles. The van der Waals surface area contributed by atoms with Crippen molar-refractivity contribution in [1.82, 2.24) is 0 Å². The first kappa shape index (κ1) is 9.73. The number of nitriles is 1. The van der Waals surface area contributed by atoms with Gasteiger partial charge in [0.15, 0.2) is 0 Å². The first-order valence-electron chi connectivity index (χ1n) is 4.20. The summed E-state index contributed by atoms with van der Waals surface area (Å²) in [5, 5.41) is 8.54. The van der Waals surface area contributed by atoms with Gasteiger partial charge in [0.2, 0.25) is 0 Å². The molecule has 0 atom stereocenters. The number of nitrogens with zero attached hydrogens (tertiary/aromatic N) is 1. The summed E-state index contributed by atoms with van der Waals surface area (Å²) in [5.74, 6) is 0. The summed E-state index contributed by atoms with van der Waals surface area (Å²) in [7, 11) is 0. The van der Waals surface area contributed by atoms with E-state index in [9.17, 15) is 4.39 Å². The molecule has 0 aromatic heterocycles. The number of hydrogen-bond acceptors (Lipinski definition) is 1. The minimum absolute atomic E-state index is 0.267. The highest BCUT2D eigenvalue weighted by atomic mass is 19.1. The second-order valence-electron chi connectivity index (χ2n) is 3.46. The molecule has 0 saturated heterocycles. The summed E-state index contributed by atoms with van der Waals surface area (Å²) in [4.78, 5) is 0. The Balaban J connectivity index is 3.14. The molecular weight excluding hydrogens is 165 g/mol. The average Bonchev–Trinajstić information content (AvgIpc) is 2.04. The zero-order valence-electron chi connectivity index (χ0n) is 7.84. The van der Waals surface area contributed by atoms with Crippen molar-refractivity contribution in [3.8, 4) is 6.07 Å². The molecule has 0 amide bonds. The molecule has 0 N–H and O–H groups in total. The normalized spacial score (nSPS) is 10.9. The first-order valence-corrected chi connectivity index (χ1v) is 4.20. The minimum Gasteiger partial charge on any atom is -0.239 e. The van der Waals surface area contributed by atoms with Crippen LogP contribution in [0.2, 0.25) is 0 Å². The highest BCUT2D eigenvalue weighted by Crippen LogP contribution is 2.27. The van der Waals surface area contributed by atoms with Crippen LogP contribution in [0.3, 0.4) is 0 Å². The van der Waals surface area contributed by atoms with Crippen LogP contribution in [-0.4, -0.2) is 0 Å². The van der Waals surface area contributed by atoms with Gasteiger partial charge in [-0.25, -0.2) is 4.39 Å². The van der Waals surface area contributed by atoms with Gasteiger partial charge in [0.25, 0.3) is 0 Å². The van der Waals surface area contributed by atoms with E-state index < -0.39 is 5.67 Å². The molecule has 68 valence electrons. The zero-order chi connectivity index (χ0) is 9.90. The van der Waals surface area contributed by atoms with E-state index >= 15 is 0 Å². The van der Waals surface area contributed by atoms with Crippen LogP contribution in [-0.2, 0) is 12.1 Å². The van der Waals surface area contributed by atoms with Crippen LogP contribution in [0.5, 0.6) is 0 Å². The highest BCUT2D eigenvalue weighted by molar-refractivity contribution is 5.33. The third-order valence-corrected chi connectivity index (χ3v) is 1.93. The lowest BCUT2D eigenvalue weighted by atomic mass is 9.93. The Morgan fingerprint density at radius 3 is 2.54 bits per heavy atom. The van der Waals surface area contributed by atoms with Gasteiger partial charge in [-0.2, -0.15) is 5.26 Å². The van der Waals surface area contributed by atoms with Gasteiger partial charge in [0.1, 0.15) is 5.67 Å². The van der Waals surface area contributed by atoms with Gasteiger partial charge in [-0.3, -0.25) is 0 Å². The molecule has 13 heavy (non-hydrogen) atoms. The van der Waals surface area contributed by atoms with Gasteiger partial charge in [0, 0.05) is 0 Å². The SMILES string of the molecule is CC(C)(F)c1ccccc1CC#N. The third kappa shape index (κ3) is 2.29. The van der Waals surface area contributed by atoms with Crippen molar-refractivity contribution >= 4 is 0 Å². The molecule has 1 aromatic rings. The summed E-state index contributed by atoms with van der Waals surface area (Å²) >= 11 is 0. The molecule has 0 aliphatic heterocycles. The quantitative estimate of drug-likeness (QED) is 0.681. The Morgan fingerprint density at radius 2 is 2.00 bits per heavy atom. The van der Waals surface area contributed by atoms with Gasteiger partial charge in [-0.1, -0.05) is 24.3 Å². The van der Waals surface area contributed by atoms with E-state index in [1.54, 1.807) is 18.2 Å². The predicted molar refractivity (Wildman–Crippen MR) is 49.9 cm³/mol. The average molecular weight is 177 g/mol. The first-order chi connectivity index (χ1) is 6.05. The maximum absolute atomic E-state index is 13.6. The lowest BCUT2D eigenvalue weighted by Crippen LogP contribution is -2.11. The molecule has 1 nitrogen and oxygen atoms in total. The third-order valence-electron chi connectivity index (χ3n) is 1.93. The molecule has 0 heterocycles. The molecule has 0 aliphatic carbocycles. The van der Waals surface area contributed by atoms with Crippen LogP contribution in [0.4, 0.5) is 4.39 Å². The second kappa shape index (κ2) is 3.57. The lowest BCUT2D eigenvalue weighted by molar-refractivity contribution is 0.220. The largest absolute Gasteiger partial charge is 0.239 e. The standard InChI is InChI=1S/C11H12FN/c1-11(2,12)10-6-4-3-5-9(10)7-8-13/h3-6H,7H2,1-2H3. The van der Waals surface area contributed by atoms with E-state index in [-0.39, 0.29) is 6.42 Å². The number of hydrogen-bond donors (Lipinski definition) is 0. The van der Waals surface area contributed by atoms with Crippen LogP contribution in [0.1, 0.15) is 25.0 Å². The summed E-state index contributed by atoms with van der Waals surface area (Å²) in [6.07, 6.45) is 0.267. The van der Waals surface area contributed by atoms with Crippen molar-refractivity contribution in [3.63, 3.8) is 0 Å². The van der Waals surface area contributed by atoms with Gasteiger partial charge >= 0.3 is 0 Å². The molecule has 0 bridgehead atoms. The van der Waals surface area contributed by atoms with E-state index in [1.165, 1.54) is 13.8 Å². The van der Waals surface area contributed by atoms with E-state index in [1.807, 2.05) is 12.1 Å². The second-order valence-corrected chi connectivity index (χ2v) is 3.46. The summed E-state index contributed by atoms with van der Waals surface area (Å²) in [6.45, 7) is 3.01. The fraction of sp³-hybridized carbons (Fsp3) is 0.364. The number of halogens is 1. The molecule has 1 aromatic carbocycles. The molecule has 1 rings (SSSR count). The van der Waals surface area contributed by atoms with Gasteiger partial charge in [-0.15, -0.1) is 0 Å². The molecule has 0 unspecified atom stereocenters. The number of benzene rings is 1. The number of alkyl halides is 1.